The van der Waals surface area contributed by atoms with Gasteiger partial charge in [0.25, 0.3) is 0 Å². The molecule has 0 spiro atoms. The Hall–Kier alpha value is -0.210. The van der Waals surface area contributed by atoms with Crippen LogP contribution in [0.15, 0.2) is 0 Å². The van der Waals surface area contributed by atoms with E-state index in [1.54, 1.807) is 0 Å². The molecule has 0 heterocycles. The highest BCUT2D eigenvalue weighted by molar-refractivity contribution is 5.02. The average molecular weight is 150 g/mol. The average Bonchev–Trinajstić information content (AvgIpc) is 1.88. The van der Waals surface area contributed by atoms with Crippen molar-refractivity contribution in [3.8, 4) is 0 Å². The van der Waals surface area contributed by atoms with E-state index in [2.05, 4.69) is 0 Å². The lowest BCUT2D eigenvalue weighted by Crippen LogP contribution is -2.22. The standard InChI is InChI=1S/C7H9F3/c8-7(9,10)6-4-2-1-3-5-6/h1H,2-5H2. The van der Waals surface area contributed by atoms with Gasteiger partial charge in [-0.25, -0.2) is 0 Å². The predicted octanol–water partition coefficient (Wildman–Crippen LogP) is 2.90. The predicted molar refractivity (Wildman–Crippen MR) is 32.1 cm³/mol. The molecule has 0 saturated heterocycles. The highest BCUT2D eigenvalue weighted by Gasteiger charge is 2.40. The van der Waals surface area contributed by atoms with Crippen LogP contribution in [0, 0.1) is 12.3 Å². The first-order chi connectivity index (χ1) is 4.61. The topological polar surface area (TPSA) is 0 Å². The van der Waals surface area contributed by atoms with Crippen LogP contribution in [-0.4, -0.2) is 6.18 Å². The Balaban J connectivity index is 2.39. The Labute approximate surface area is 58.4 Å². The second-order valence-corrected chi connectivity index (χ2v) is 2.47. The van der Waals surface area contributed by atoms with Crippen LogP contribution < -0.4 is 0 Å². The Morgan fingerprint density at radius 2 is 1.60 bits per heavy atom. The van der Waals surface area contributed by atoms with E-state index in [0.717, 1.165) is 0 Å². The molecule has 0 N–H and O–H groups in total. The number of halogens is 3. The zero-order valence-corrected chi connectivity index (χ0v) is 5.54. The van der Waals surface area contributed by atoms with Crippen LogP contribution >= 0.6 is 0 Å². The third-order valence-electron chi connectivity index (χ3n) is 1.70. The third-order valence-corrected chi connectivity index (χ3v) is 1.70. The summed E-state index contributed by atoms with van der Waals surface area (Å²) >= 11 is 0. The number of hydrogen-bond acceptors (Lipinski definition) is 0. The molecule has 1 aliphatic rings. The number of alkyl halides is 3. The molecule has 0 aliphatic heterocycles. The Bertz CT molecular complexity index is 99.9. The van der Waals surface area contributed by atoms with Gasteiger partial charge < -0.3 is 0 Å². The van der Waals surface area contributed by atoms with Crippen LogP contribution in [0.4, 0.5) is 13.2 Å². The summed E-state index contributed by atoms with van der Waals surface area (Å²) in [4.78, 5) is 0. The van der Waals surface area contributed by atoms with Gasteiger partial charge in [0.05, 0.1) is 5.92 Å². The monoisotopic (exact) mass is 150 g/mol. The zero-order valence-electron chi connectivity index (χ0n) is 5.54. The smallest absolute Gasteiger partial charge is 0.170 e. The summed E-state index contributed by atoms with van der Waals surface area (Å²) in [5.41, 5.74) is 0. The van der Waals surface area contributed by atoms with Crippen molar-refractivity contribution in [1.29, 1.82) is 0 Å². The van der Waals surface area contributed by atoms with Crippen molar-refractivity contribution in [3.05, 3.63) is 12.3 Å². The van der Waals surface area contributed by atoms with Crippen molar-refractivity contribution >= 4 is 0 Å². The fourth-order valence-electron chi connectivity index (χ4n) is 1.11. The molecule has 1 rings (SSSR count). The van der Waals surface area contributed by atoms with Gasteiger partial charge in [-0.05, 0) is 32.1 Å². The highest BCUT2D eigenvalue weighted by Crippen LogP contribution is 2.38. The first kappa shape index (κ1) is 7.89. The van der Waals surface area contributed by atoms with Crippen molar-refractivity contribution in [2.24, 2.45) is 0 Å². The van der Waals surface area contributed by atoms with Crippen LogP contribution in [0.5, 0.6) is 0 Å². The molecule has 0 nitrogen and oxygen atoms in total. The molecular weight excluding hydrogens is 141 g/mol. The van der Waals surface area contributed by atoms with Gasteiger partial charge in [0.15, 0.2) is 0 Å². The first-order valence-electron chi connectivity index (χ1n) is 3.34. The largest absolute Gasteiger partial charge is 0.395 e. The van der Waals surface area contributed by atoms with Crippen LogP contribution in [0.25, 0.3) is 0 Å². The minimum Gasteiger partial charge on any atom is -0.170 e. The molecule has 10 heavy (non-hydrogen) atoms. The molecule has 0 atom stereocenters. The minimum atomic E-state index is -4.03. The fourth-order valence-corrected chi connectivity index (χ4v) is 1.11. The molecular formula is C7H9F3. The Morgan fingerprint density at radius 1 is 1.10 bits per heavy atom. The lowest BCUT2D eigenvalue weighted by atomic mass is 9.89. The van der Waals surface area contributed by atoms with E-state index >= 15 is 0 Å². The maximum absolute atomic E-state index is 11.9. The van der Waals surface area contributed by atoms with E-state index in [4.69, 9.17) is 0 Å². The quantitative estimate of drug-likeness (QED) is 0.498. The summed E-state index contributed by atoms with van der Waals surface area (Å²) in [5.74, 6) is -0.241. The van der Waals surface area contributed by atoms with Crippen LogP contribution in [0.2, 0.25) is 0 Å². The molecule has 0 aromatic rings. The maximum atomic E-state index is 11.9. The molecule has 58 valence electrons. The van der Waals surface area contributed by atoms with Crippen molar-refractivity contribution in [3.63, 3.8) is 0 Å². The van der Waals surface area contributed by atoms with E-state index < -0.39 is 6.18 Å². The Morgan fingerprint density at radius 3 is 1.90 bits per heavy atom. The third kappa shape index (κ3) is 1.89. The summed E-state index contributed by atoms with van der Waals surface area (Å²) in [6.07, 6.45) is -0.514. The van der Waals surface area contributed by atoms with Gasteiger partial charge in [-0.3, -0.25) is 0 Å². The fraction of sp³-hybridized carbons (Fsp3) is 0.714. The van der Waals surface area contributed by atoms with E-state index in [0.29, 0.717) is 12.8 Å². The molecule has 0 bridgehead atoms. The second kappa shape index (κ2) is 2.81. The summed E-state index contributed by atoms with van der Waals surface area (Å²) in [5, 5.41) is 0. The minimum absolute atomic E-state index is 0.212. The molecule has 0 amide bonds. The first-order valence-corrected chi connectivity index (χ1v) is 3.34. The molecule has 2 radical (unpaired) electrons. The zero-order chi connectivity index (χ0) is 7.61. The van der Waals surface area contributed by atoms with Crippen molar-refractivity contribution < 1.29 is 13.2 Å². The molecule has 0 aromatic carbocycles. The summed E-state index contributed by atoms with van der Waals surface area (Å²) < 4.78 is 35.7. The Kier molecular flexibility index (Phi) is 2.21. The molecule has 3 heteroatoms. The van der Waals surface area contributed by atoms with Gasteiger partial charge in [0.2, 0.25) is 0 Å². The second-order valence-electron chi connectivity index (χ2n) is 2.47. The van der Waals surface area contributed by atoms with Crippen LogP contribution in [-0.2, 0) is 0 Å². The summed E-state index contributed by atoms with van der Waals surface area (Å²) in [6, 6.07) is 0. The van der Waals surface area contributed by atoms with Gasteiger partial charge in [-0.15, -0.1) is 0 Å². The van der Waals surface area contributed by atoms with Gasteiger partial charge in [-0.1, -0.05) is 0 Å². The molecule has 1 saturated carbocycles. The van der Waals surface area contributed by atoms with Gasteiger partial charge in [0, 0.05) is 0 Å². The van der Waals surface area contributed by atoms with Crippen LogP contribution in [0.3, 0.4) is 0 Å². The van der Waals surface area contributed by atoms with Gasteiger partial charge in [0.1, 0.15) is 0 Å². The molecule has 1 fully saturated rings. The van der Waals surface area contributed by atoms with Gasteiger partial charge >= 0.3 is 6.18 Å². The molecule has 0 unspecified atom stereocenters. The number of hydrogen-bond donors (Lipinski definition) is 0. The summed E-state index contributed by atoms with van der Waals surface area (Å²) in [6.45, 7) is 0. The van der Waals surface area contributed by atoms with Gasteiger partial charge in [-0.2, -0.15) is 13.2 Å². The van der Waals surface area contributed by atoms with E-state index in [1.165, 1.54) is 0 Å². The van der Waals surface area contributed by atoms with Crippen LogP contribution in [0.1, 0.15) is 25.7 Å². The maximum Gasteiger partial charge on any atom is 0.395 e. The van der Waals surface area contributed by atoms with E-state index in [1.807, 2.05) is 6.42 Å². The summed E-state index contributed by atoms with van der Waals surface area (Å²) in [7, 11) is 0. The normalized spacial score (nSPS) is 23.1. The number of rotatable bonds is 0. The molecule has 0 aromatic heterocycles. The molecule has 1 aliphatic carbocycles. The van der Waals surface area contributed by atoms with E-state index in [-0.39, 0.29) is 18.8 Å². The lowest BCUT2D eigenvalue weighted by Gasteiger charge is -2.22. The highest BCUT2D eigenvalue weighted by atomic mass is 19.4. The lowest BCUT2D eigenvalue weighted by molar-refractivity contribution is -0.120. The van der Waals surface area contributed by atoms with E-state index in [9.17, 15) is 13.2 Å². The van der Waals surface area contributed by atoms with Crippen molar-refractivity contribution in [1.82, 2.24) is 0 Å². The van der Waals surface area contributed by atoms with Crippen molar-refractivity contribution in [2.75, 3.05) is 0 Å². The van der Waals surface area contributed by atoms with Crippen molar-refractivity contribution in [2.45, 2.75) is 31.9 Å². The SMILES string of the molecule is FC(F)(F)[C]1CC[CH]CC1.